The van der Waals surface area contributed by atoms with Gasteiger partial charge in [0.15, 0.2) is 0 Å². The maximum absolute atomic E-state index is 6.00. The summed E-state index contributed by atoms with van der Waals surface area (Å²) in [7, 11) is 2.23. The van der Waals surface area contributed by atoms with Gasteiger partial charge in [0, 0.05) is 25.7 Å². The maximum atomic E-state index is 6.00. The van der Waals surface area contributed by atoms with Gasteiger partial charge in [-0.25, -0.2) is 0 Å². The van der Waals surface area contributed by atoms with Crippen LogP contribution >= 0.6 is 23.2 Å². The van der Waals surface area contributed by atoms with Crippen LogP contribution in [-0.2, 0) is 6.54 Å². The maximum Gasteiger partial charge on any atom is 0.0595 e. The van der Waals surface area contributed by atoms with Gasteiger partial charge in [0.1, 0.15) is 0 Å². The standard InChI is InChI=1S/C15H22Cl2N2/c1-19(13-4-2-3-5-13)9-8-18-11-12-6-7-14(16)15(17)10-12/h6-7,10,13,18H,2-5,8-9,11H2,1H3. The molecule has 0 bridgehead atoms. The molecule has 1 fully saturated rings. The van der Waals surface area contributed by atoms with Gasteiger partial charge >= 0.3 is 0 Å². The molecule has 0 atom stereocenters. The smallest absolute Gasteiger partial charge is 0.0595 e. The average Bonchev–Trinajstić information content (AvgIpc) is 2.92. The Morgan fingerprint density at radius 3 is 2.63 bits per heavy atom. The summed E-state index contributed by atoms with van der Waals surface area (Å²) in [5, 5.41) is 4.71. The molecule has 106 valence electrons. The second-order valence-electron chi connectivity index (χ2n) is 5.34. The topological polar surface area (TPSA) is 15.3 Å². The van der Waals surface area contributed by atoms with E-state index in [-0.39, 0.29) is 0 Å². The van der Waals surface area contributed by atoms with E-state index in [0.717, 1.165) is 25.7 Å². The van der Waals surface area contributed by atoms with Crippen molar-refractivity contribution in [2.24, 2.45) is 0 Å². The van der Waals surface area contributed by atoms with Gasteiger partial charge in [0.2, 0.25) is 0 Å². The largest absolute Gasteiger partial charge is 0.311 e. The van der Waals surface area contributed by atoms with Crippen LogP contribution in [0.5, 0.6) is 0 Å². The van der Waals surface area contributed by atoms with E-state index in [4.69, 9.17) is 23.2 Å². The molecule has 0 aromatic heterocycles. The SMILES string of the molecule is CN(CCNCc1ccc(Cl)c(Cl)c1)C1CCCC1. The highest BCUT2D eigenvalue weighted by atomic mass is 35.5. The highest BCUT2D eigenvalue weighted by molar-refractivity contribution is 6.42. The summed E-state index contributed by atoms with van der Waals surface area (Å²) in [5.74, 6) is 0. The zero-order valence-electron chi connectivity index (χ0n) is 11.5. The number of hydrogen-bond donors (Lipinski definition) is 1. The number of rotatable bonds is 6. The van der Waals surface area contributed by atoms with Crippen molar-refractivity contribution in [3.63, 3.8) is 0 Å². The summed E-state index contributed by atoms with van der Waals surface area (Å²) in [6.45, 7) is 2.95. The molecule has 19 heavy (non-hydrogen) atoms. The molecule has 4 heteroatoms. The molecule has 0 amide bonds. The molecule has 0 spiro atoms. The first kappa shape index (κ1) is 15.1. The Labute approximate surface area is 126 Å². The zero-order chi connectivity index (χ0) is 13.7. The lowest BCUT2D eigenvalue weighted by molar-refractivity contribution is 0.245. The zero-order valence-corrected chi connectivity index (χ0v) is 13.0. The number of nitrogens with one attached hydrogen (secondary N) is 1. The second-order valence-corrected chi connectivity index (χ2v) is 6.16. The highest BCUT2D eigenvalue weighted by Gasteiger charge is 2.18. The van der Waals surface area contributed by atoms with Gasteiger partial charge in [-0.3, -0.25) is 0 Å². The molecule has 1 N–H and O–H groups in total. The highest BCUT2D eigenvalue weighted by Crippen LogP contribution is 2.23. The van der Waals surface area contributed by atoms with Crippen LogP contribution < -0.4 is 5.32 Å². The van der Waals surface area contributed by atoms with Crippen molar-refractivity contribution in [2.45, 2.75) is 38.3 Å². The Morgan fingerprint density at radius 1 is 1.21 bits per heavy atom. The number of hydrogen-bond acceptors (Lipinski definition) is 2. The molecule has 1 aliphatic carbocycles. The number of nitrogens with zero attached hydrogens (tertiary/aromatic N) is 1. The molecular weight excluding hydrogens is 279 g/mol. The summed E-state index contributed by atoms with van der Waals surface area (Å²) < 4.78 is 0. The van der Waals surface area contributed by atoms with Gasteiger partial charge in [0.25, 0.3) is 0 Å². The van der Waals surface area contributed by atoms with E-state index >= 15 is 0 Å². The predicted molar refractivity (Wildman–Crippen MR) is 83.1 cm³/mol. The molecule has 1 aliphatic rings. The van der Waals surface area contributed by atoms with Gasteiger partial charge in [-0.1, -0.05) is 42.1 Å². The Morgan fingerprint density at radius 2 is 1.95 bits per heavy atom. The fraction of sp³-hybridized carbons (Fsp3) is 0.600. The summed E-state index contributed by atoms with van der Waals surface area (Å²) >= 11 is 11.9. The van der Waals surface area contributed by atoms with Crippen LogP contribution in [0.25, 0.3) is 0 Å². The third-order valence-electron chi connectivity index (χ3n) is 3.90. The van der Waals surface area contributed by atoms with Gasteiger partial charge in [-0.05, 0) is 37.6 Å². The van der Waals surface area contributed by atoms with E-state index < -0.39 is 0 Å². The third-order valence-corrected chi connectivity index (χ3v) is 4.64. The molecule has 0 radical (unpaired) electrons. The van der Waals surface area contributed by atoms with Crippen molar-refractivity contribution in [2.75, 3.05) is 20.1 Å². The lowest BCUT2D eigenvalue weighted by Gasteiger charge is -2.24. The lowest BCUT2D eigenvalue weighted by atomic mass is 10.2. The fourth-order valence-corrected chi connectivity index (χ4v) is 2.99. The van der Waals surface area contributed by atoms with Crippen LogP contribution in [0.3, 0.4) is 0 Å². The normalized spacial score (nSPS) is 16.4. The van der Waals surface area contributed by atoms with E-state index in [1.807, 2.05) is 18.2 Å². The van der Waals surface area contributed by atoms with Crippen molar-refractivity contribution in [1.29, 1.82) is 0 Å². The molecule has 2 rings (SSSR count). The Balaban J connectivity index is 1.67. The average molecular weight is 301 g/mol. The summed E-state index contributed by atoms with van der Waals surface area (Å²) in [6.07, 6.45) is 5.52. The van der Waals surface area contributed by atoms with Crippen molar-refractivity contribution < 1.29 is 0 Å². The molecule has 0 unspecified atom stereocenters. The molecule has 2 nitrogen and oxygen atoms in total. The van der Waals surface area contributed by atoms with Gasteiger partial charge < -0.3 is 10.2 Å². The minimum atomic E-state index is 0.617. The van der Waals surface area contributed by atoms with E-state index in [1.54, 1.807) is 0 Å². The minimum Gasteiger partial charge on any atom is -0.311 e. The molecule has 1 saturated carbocycles. The van der Waals surface area contributed by atoms with Crippen molar-refractivity contribution >= 4 is 23.2 Å². The number of likely N-dealkylation sites (N-methyl/N-ethyl adjacent to an activating group) is 1. The van der Waals surface area contributed by atoms with Gasteiger partial charge in [0.05, 0.1) is 10.0 Å². The van der Waals surface area contributed by atoms with Crippen LogP contribution in [0.2, 0.25) is 10.0 Å². The van der Waals surface area contributed by atoms with E-state index in [2.05, 4.69) is 17.3 Å². The summed E-state index contributed by atoms with van der Waals surface area (Å²) in [6, 6.07) is 6.59. The number of benzene rings is 1. The predicted octanol–water partition coefficient (Wildman–Crippen LogP) is 3.96. The Kier molecular flexibility index (Phi) is 5.96. The lowest BCUT2D eigenvalue weighted by Crippen LogP contribution is -2.35. The second kappa shape index (κ2) is 7.49. The quantitative estimate of drug-likeness (QED) is 0.800. The van der Waals surface area contributed by atoms with Crippen LogP contribution in [0.4, 0.5) is 0 Å². The van der Waals surface area contributed by atoms with Gasteiger partial charge in [-0.15, -0.1) is 0 Å². The van der Waals surface area contributed by atoms with E-state index in [9.17, 15) is 0 Å². The van der Waals surface area contributed by atoms with Crippen molar-refractivity contribution in [1.82, 2.24) is 10.2 Å². The van der Waals surface area contributed by atoms with E-state index in [0.29, 0.717) is 10.0 Å². The number of halogens is 2. The molecule has 0 aliphatic heterocycles. The third kappa shape index (κ3) is 4.64. The minimum absolute atomic E-state index is 0.617. The summed E-state index contributed by atoms with van der Waals surface area (Å²) in [4.78, 5) is 2.48. The van der Waals surface area contributed by atoms with Crippen LogP contribution in [0, 0.1) is 0 Å². The molecule has 0 saturated heterocycles. The molecular formula is C15H22Cl2N2. The fourth-order valence-electron chi connectivity index (χ4n) is 2.67. The molecule has 1 aromatic carbocycles. The van der Waals surface area contributed by atoms with Gasteiger partial charge in [-0.2, -0.15) is 0 Å². The monoisotopic (exact) mass is 300 g/mol. The first-order valence-electron chi connectivity index (χ1n) is 7.01. The first-order valence-corrected chi connectivity index (χ1v) is 7.77. The van der Waals surface area contributed by atoms with E-state index in [1.165, 1.54) is 31.2 Å². The van der Waals surface area contributed by atoms with Crippen LogP contribution in [0.1, 0.15) is 31.2 Å². The Bertz CT molecular complexity index is 403. The molecule has 0 heterocycles. The molecule has 1 aromatic rings. The van der Waals surface area contributed by atoms with Crippen molar-refractivity contribution in [3.8, 4) is 0 Å². The van der Waals surface area contributed by atoms with Crippen LogP contribution in [-0.4, -0.2) is 31.1 Å². The first-order chi connectivity index (χ1) is 9.16. The van der Waals surface area contributed by atoms with Crippen molar-refractivity contribution in [3.05, 3.63) is 33.8 Å². The van der Waals surface area contributed by atoms with Crippen LogP contribution in [0.15, 0.2) is 18.2 Å². The summed E-state index contributed by atoms with van der Waals surface area (Å²) in [5.41, 5.74) is 1.18. The Hall–Kier alpha value is -0.280.